The molecular weight excluding hydrogens is 1950 g/mol. The number of nitrogens with zero attached hydrogens (tertiary/aromatic N) is 20. The molecule has 144 heavy (non-hydrogen) atoms. The number of rotatable bonds is 40. The van der Waals surface area contributed by atoms with Crippen molar-refractivity contribution in [2.75, 3.05) is 96.9 Å². The maximum absolute atomic E-state index is 14.3. The maximum Gasteiger partial charge on any atom is 0.191 e. The Labute approximate surface area is 894 Å². The van der Waals surface area contributed by atoms with Gasteiger partial charge in [0, 0.05) is 113 Å². The predicted molar refractivity (Wildman–Crippen MR) is 530 cm³/mol. The molecule has 0 spiro atoms. The van der Waals surface area contributed by atoms with E-state index < -0.39 is 263 Å². The maximum atomic E-state index is 14.3. The van der Waals surface area contributed by atoms with Crippen molar-refractivity contribution in [2.24, 2.45) is 0 Å². The second kappa shape index (κ2) is 47.3. The van der Waals surface area contributed by atoms with Gasteiger partial charge in [-0.05, 0) is 148 Å². The summed E-state index contributed by atoms with van der Waals surface area (Å²) in [6, 6.07) is 0.991. The quantitative estimate of drug-likeness (QED) is 0.00969. The summed E-state index contributed by atoms with van der Waals surface area (Å²) in [7, 11) is 0. The van der Waals surface area contributed by atoms with E-state index in [1.807, 2.05) is 27.7 Å². The monoisotopic (exact) mass is 2110 g/mol. The van der Waals surface area contributed by atoms with Crippen molar-refractivity contribution >= 4 is 115 Å². The molecule has 0 unspecified atom stereocenters. The lowest BCUT2D eigenvalue weighted by atomic mass is 10.1. The third-order valence-electron chi connectivity index (χ3n) is 22.5. The van der Waals surface area contributed by atoms with Crippen LogP contribution in [-0.4, -0.2) is 334 Å². The van der Waals surface area contributed by atoms with Crippen LogP contribution in [0, 0.1) is 51.0 Å². The van der Waals surface area contributed by atoms with Crippen molar-refractivity contribution in [1.82, 2.24) is 99.8 Å². The number of aliphatic hydroxyl groups excluding tert-OH is 2. The lowest BCUT2D eigenvalue weighted by Gasteiger charge is -2.17. The Morgan fingerprint density at radius 3 is 0.847 bits per heavy atom. The largest absolute Gasteiger partial charge is 0.394 e. The molecule has 16 N–H and O–H groups in total. The highest BCUT2D eigenvalue weighted by Crippen LogP contribution is 2.50. The fourth-order valence-electron chi connectivity index (χ4n) is 14.7. The van der Waals surface area contributed by atoms with Crippen molar-refractivity contribution < 1.29 is 147 Å². The Kier molecular flexibility index (Phi) is 22.6. The lowest BCUT2D eigenvalue weighted by molar-refractivity contribution is -0.0629. The minimum absolute atomic E-state index is 0.00183. The number of aromatic nitrogens is 20. The van der Waals surface area contributed by atoms with Crippen molar-refractivity contribution in [3.8, 4) is 0 Å². The number of ether oxygens (including phenoxy) is 4. The highest BCUT2D eigenvalue weighted by molar-refractivity contribution is 7.99. The van der Waals surface area contributed by atoms with Gasteiger partial charge in [-0.1, -0.05) is 144 Å². The van der Waals surface area contributed by atoms with Crippen LogP contribution >= 0.6 is 47.0 Å². The summed E-state index contributed by atoms with van der Waals surface area (Å²) in [4.78, 5) is 35.0. The smallest absolute Gasteiger partial charge is 0.191 e. The minimum Gasteiger partial charge on any atom is -0.394 e. The summed E-state index contributed by atoms with van der Waals surface area (Å²) >= 11 is 4.59. The summed E-state index contributed by atoms with van der Waals surface area (Å²) in [5.74, 6) is -4.96. The summed E-state index contributed by atoms with van der Waals surface area (Å²) < 4.78 is 380. The third-order valence-corrected chi connectivity index (χ3v) is 26.7. The van der Waals surface area contributed by atoms with Crippen LogP contribution in [0.25, 0.3) is 44.7 Å². The van der Waals surface area contributed by atoms with Crippen molar-refractivity contribution in [2.45, 2.75) is 298 Å². The molecule has 4 aromatic carbocycles. The summed E-state index contributed by atoms with van der Waals surface area (Å²) in [5, 5.41) is 169. The molecule has 0 saturated heterocycles. The Balaban J connectivity index is 0.000000158. The number of anilines is 4. The molecular formula is C96H124F4N24O16S4. The number of nitrogens with one attached hydrogen (secondary N) is 4. The van der Waals surface area contributed by atoms with Gasteiger partial charge in [0.15, 0.2) is 88.6 Å². The molecule has 0 radical (unpaired) electrons. The number of benzene rings is 4. The average Bonchev–Trinajstić information content (AvgIpc) is 1.49. The van der Waals surface area contributed by atoms with Gasteiger partial charge < -0.3 is 101 Å². The summed E-state index contributed by atoms with van der Waals surface area (Å²) in [5.41, 5.74) is 0.654. The molecule has 8 heterocycles. The molecule has 40 nitrogen and oxygen atoms in total. The van der Waals surface area contributed by atoms with Crippen LogP contribution in [-0.2, 0) is 18.9 Å². The van der Waals surface area contributed by atoms with E-state index in [9.17, 15) is 78.8 Å². The molecule has 0 amide bonds. The normalized spacial score (nSPS) is 43.3. The molecule has 12 aromatic rings. The minimum atomic E-state index is -4.25. The van der Waals surface area contributed by atoms with Crippen molar-refractivity contribution in [3.63, 3.8) is 0 Å². The molecule has 776 valence electrons. The van der Waals surface area contributed by atoms with Gasteiger partial charge in [-0.25, -0.2) is 76.2 Å². The Morgan fingerprint density at radius 1 is 0.354 bits per heavy atom. The van der Waals surface area contributed by atoms with E-state index in [1.54, 1.807) is 76.2 Å². The molecule has 24 atom stereocenters. The van der Waals surface area contributed by atoms with Gasteiger partial charge in [0.1, 0.15) is 71.9 Å². The first-order valence-corrected chi connectivity index (χ1v) is 48.8. The zero-order valence-corrected chi connectivity index (χ0v) is 80.9. The molecule has 8 aliphatic rings. The highest BCUT2D eigenvalue weighted by Gasteiger charge is 2.51. The number of thioether (sulfide) groups is 4. The highest BCUT2D eigenvalue weighted by atomic mass is 32.2. The number of fused-ring (bicyclic) bond motifs is 4. The topological polar surface area (TPSA) is 554 Å². The fraction of sp³-hybridized carbons (Fsp3) is 0.583. The Bertz CT molecular complexity index is 8500. The van der Waals surface area contributed by atoms with Gasteiger partial charge in [0.05, 0.1) is 134 Å². The van der Waals surface area contributed by atoms with Crippen molar-refractivity contribution in [1.29, 1.82) is 0 Å². The van der Waals surface area contributed by atoms with Gasteiger partial charge in [-0.3, -0.25) is 0 Å². The number of hydrogen-bond acceptors (Lipinski definition) is 40. The van der Waals surface area contributed by atoms with Crippen LogP contribution in [0.4, 0.5) is 40.8 Å². The van der Waals surface area contributed by atoms with Crippen LogP contribution in [0.1, 0.15) is 246 Å². The van der Waals surface area contributed by atoms with Gasteiger partial charge in [0.25, 0.3) is 0 Å². The molecule has 8 aliphatic carbocycles. The van der Waals surface area contributed by atoms with Crippen LogP contribution in [0.3, 0.4) is 0 Å². The molecule has 8 fully saturated rings. The van der Waals surface area contributed by atoms with Crippen LogP contribution in [0.5, 0.6) is 0 Å². The van der Waals surface area contributed by atoms with E-state index in [-0.39, 0.29) is 102 Å². The van der Waals surface area contributed by atoms with E-state index in [0.717, 1.165) is 41.7 Å². The molecule has 8 saturated carbocycles. The standard InChI is InChI=1S/4C24H31FN6O4S/c4*1-3-8-36-24-27-22(26-16-10-14(16)13-5-4-12(2)15(25)9-13)19-23(28-24)31(30-29-19)17-11-18(35-7-6-32)21(34)20(17)33/h4*4-5,9,14,16-18,20-21,32-34H,3,6-8,10-11H2,1-2H3,(H,26,27,28)/t4*14-,16+,17+,18-,20-,21+/m0000/s1/i6D2,7D2,11D2,14D,17D,18D,20D,21D;7D2,11D2,14D,17D,18D,20D,21D;6D2,11D2,14D,17D,18D,20D,21D;11D2,14D,17D,18D,20D,21D. The number of halogens is 4. The van der Waals surface area contributed by atoms with E-state index in [4.69, 9.17) is 63.6 Å². The first-order valence-electron chi connectivity index (χ1n) is 62.9. The van der Waals surface area contributed by atoms with Crippen LogP contribution in [0.2, 0.25) is 0 Å². The first kappa shape index (κ1) is 68.9. The van der Waals surface area contributed by atoms with E-state index in [2.05, 4.69) is 107 Å². The van der Waals surface area contributed by atoms with Gasteiger partial charge in [-0.2, -0.15) is 0 Å². The molecule has 8 aromatic heterocycles. The zero-order chi connectivity index (χ0) is 134. The lowest BCUT2D eigenvalue weighted by Crippen LogP contribution is -2.33. The van der Waals surface area contributed by atoms with Crippen LogP contribution in [0.15, 0.2) is 93.4 Å². The van der Waals surface area contributed by atoms with E-state index >= 15 is 0 Å². The number of aryl methyl sites for hydroxylation is 4. The Hall–Kier alpha value is -9.52. The zero-order valence-electron chi connectivity index (χ0n) is 114. The number of aliphatic hydroxyl groups is 12. The number of hydrogen-bond donors (Lipinski definition) is 16. The van der Waals surface area contributed by atoms with E-state index in [1.165, 1.54) is 36.0 Å². The first-order chi connectivity index (χ1) is 82.5. The average molecular weight is 2110 g/mol. The molecule has 0 bridgehead atoms. The van der Waals surface area contributed by atoms with E-state index in [0.29, 0.717) is 101 Å². The van der Waals surface area contributed by atoms with Gasteiger partial charge in [0.2, 0.25) is 0 Å². The second-order valence-electron chi connectivity index (χ2n) is 32.8. The SMILES string of the molecule is [2H]C([2H])(CO)O[C@@]1([2H])C([2H])([2H])[C@@]([2H])(n2nnc3c(N[C@@H]4C[C@@]4([2H])c4ccc(C)c(F)c4)nc(SCCC)nc32)[C@]([2H])(O)[C@]1([2H])O.[2H]C([2H])(O)C([2H])([2H])O[C@@]1([2H])C([2H])([2H])[C@@]([2H])(n2nnc3c(N[C@@H]4C[C@@]4([2H])c4ccc(C)c(F)c4)nc(SCCC)nc32)[C@]([2H])(O)[C@]1([2H])O.[2H]C([2H])(O)CO[C@@]1([2H])C([2H])([2H])[C@@]([2H])(n2nnc3c(N[C@@H]4C[C@@]4([2H])c4ccc(C)c(F)c4)nc(SCCC)nc32)[C@]([2H])(O)[C@]1([2H])O.[2H]C1([2H])[C@]([2H])(OCCO)[C@@]([2H])(O)[C@@]([2H])(O)[C@]1([2H])n1nnc2c(N[C@@H]3C[C@@]3([2H])c3ccc(C)c(F)c3)nc(SCCC)nc21. The fourth-order valence-corrected chi connectivity index (χ4v) is 17.5. The molecule has 48 heteroatoms. The predicted octanol–water partition coefficient (Wildman–Crippen LogP) is 8.73. The van der Waals surface area contributed by atoms with Gasteiger partial charge >= 0.3 is 0 Å². The van der Waals surface area contributed by atoms with Crippen molar-refractivity contribution in [3.05, 3.63) is 141 Å². The molecule has 0 aliphatic heterocycles. The third kappa shape index (κ3) is 23.8. The summed E-state index contributed by atoms with van der Waals surface area (Å²) in [6.07, 6.45) is -58.5. The van der Waals surface area contributed by atoms with Gasteiger partial charge in [-0.15, -0.1) is 20.4 Å². The summed E-state index contributed by atoms with van der Waals surface area (Å²) in [6.45, 7) is -4.84. The Morgan fingerprint density at radius 2 is 0.611 bits per heavy atom. The second-order valence-corrected chi connectivity index (χ2v) is 37.1. The molecule has 20 rings (SSSR count). The van der Waals surface area contributed by atoms with Crippen LogP contribution < -0.4 is 21.3 Å².